The monoisotopic (exact) mass is 422 g/mol. The Morgan fingerprint density at radius 2 is 1.26 bits per heavy atom. The summed E-state index contributed by atoms with van der Waals surface area (Å²) in [5.74, 6) is 2.82. The van der Waals surface area contributed by atoms with Crippen LogP contribution in [0.3, 0.4) is 0 Å². The van der Waals surface area contributed by atoms with Crippen LogP contribution in [-0.2, 0) is 4.74 Å². The van der Waals surface area contributed by atoms with Crippen LogP contribution in [0.25, 0.3) is 0 Å². The average Bonchev–Trinajstić information content (AvgIpc) is 3.32. The van der Waals surface area contributed by atoms with Gasteiger partial charge in [-0.3, -0.25) is 0 Å². The van der Waals surface area contributed by atoms with Crippen LogP contribution >= 0.6 is 0 Å². The van der Waals surface area contributed by atoms with Gasteiger partial charge in [-0.15, -0.1) is 6.42 Å². The van der Waals surface area contributed by atoms with Gasteiger partial charge >= 0.3 is 0 Å². The van der Waals surface area contributed by atoms with Crippen molar-refractivity contribution >= 4 is 0 Å². The molecule has 1 saturated heterocycles. The zero-order valence-corrected chi connectivity index (χ0v) is 21.3. The van der Waals surface area contributed by atoms with Crippen molar-refractivity contribution in [1.82, 2.24) is 0 Å². The zero-order valence-electron chi connectivity index (χ0n) is 21.3. The van der Waals surface area contributed by atoms with Gasteiger partial charge in [-0.1, -0.05) is 58.6 Å². The van der Waals surface area contributed by atoms with Crippen molar-refractivity contribution in [3.63, 3.8) is 0 Å². The van der Waals surface area contributed by atoms with E-state index in [4.69, 9.17) is 11.2 Å². The maximum Gasteiger partial charge on any atom is 0.0892 e. The van der Waals surface area contributed by atoms with E-state index in [2.05, 4.69) is 84.8 Å². The van der Waals surface area contributed by atoms with Crippen molar-refractivity contribution in [2.24, 2.45) is 0 Å². The predicted octanol–water partition coefficient (Wildman–Crippen LogP) is 9.04. The molecule has 1 aliphatic heterocycles. The fourth-order valence-corrected chi connectivity index (χ4v) is 3.60. The fraction of sp³-hybridized carbons (Fsp3) is 0.600. The van der Waals surface area contributed by atoms with Crippen LogP contribution in [-0.4, -0.2) is 11.7 Å². The van der Waals surface area contributed by atoms with Gasteiger partial charge in [0.15, 0.2) is 0 Å². The number of rotatable bonds is 14. The second kappa shape index (κ2) is 14.3. The van der Waals surface area contributed by atoms with Gasteiger partial charge < -0.3 is 4.74 Å². The molecule has 0 saturated carbocycles. The summed E-state index contributed by atoms with van der Waals surface area (Å²) >= 11 is 0. The van der Waals surface area contributed by atoms with E-state index in [1.165, 1.54) is 22.3 Å². The quantitative estimate of drug-likeness (QED) is 0.118. The maximum atomic E-state index is 5.67. The molecule has 172 valence electrons. The highest BCUT2D eigenvalue weighted by Crippen LogP contribution is 2.38. The lowest BCUT2D eigenvalue weighted by Gasteiger charge is -2.03. The van der Waals surface area contributed by atoms with Crippen LogP contribution in [0.4, 0.5) is 0 Å². The molecular formula is C30H46O. The summed E-state index contributed by atoms with van der Waals surface area (Å²) in [7, 11) is 0. The van der Waals surface area contributed by atoms with E-state index in [-0.39, 0.29) is 5.60 Å². The molecule has 0 aromatic carbocycles. The summed E-state index contributed by atoms with van der Waals surface area (Å²) in [4.78, 5) is 0. The normalized spacial score (nSPS) is 19.2. The van der Waals surface area contributed by atoms with Crippen LogP contribution in [0.1, 0.15) is 106 Å². The minimum atomic E-state index is 0.124. The summed E-state index contributed by atoms with van der Waals surface area (Å²) in [6, 6.07) is 0. The molecule has 1 aliphatic rings. The standard InChI is InChI=1S/C30H46O/c1-9-28(22-20-24(2)3)19-13-18-26(5)15-11-10-14-25(4)16-12-17-27(6)21-23-29-30(7,8)31-29/h1,14-15,17,19-20,29H,10-13,16,18,21-23H2,2-8H3/b25-14+,26-15+,27-17+,28-19-. The Labute approximate surface area is 193 Å². The molecule has 1 heterocycles. The minimum Gasteiger partial charge on any atom is -0.367 e. The molecular weight excluding hydrogens is 376 g/mol. The number of unbranched alkanes of at least 4 members (excludes halogenated alkanes) is 1. The summed E-state index contributed by atoms with van der Waals surface area (Å²) in [6.45, 7) is 15.3. The van der Waals surface area contributed by atoms with E-state index < -0.39 is 0 Å². The van der Waals surface area contributed by atoms with Gasteiger partial charge in [0.05, 0.1) is 11.7 Å². The van der Waals surface area contributed by atoms with Crippen molar-refractivity contribution in [3.05, 3.63) is 58.2 Å². The minimum absolute atomic E-state index is 0.124. The second-order valence-electron chi connectivity index (χ2n) is 9.91. The molecule has 31 heavy (non-hydrogen) atoms. The third-order valence-corrected chi connectivity index (χ3v) is 5.99. The number of epoxide rings is 1. The summed E-state index contributed by atoms with van der Waals surface area (Å²) < 4.78 is 5.67. The molecule has 0 amide bonds. The molecule has 0 aromatic heterocycles. The Morgan fingerprint density at radius 1 is 0.774 bits per heavy atom. The van der Waals surface area contributed by atoms with Crippen molar-refractivity contribution in [2.45, 2.75) is 118 Å². The van der Waals surface area contributed by atoms with Crippen LogP contribution in [0.2, 0.25) is 0 Å². The Bertz CT molecular complexity index is 742. The van der Waals surface area contributed by atoms with Crippen molar-refractivity contribution in [3.8, 4) is 12.3 Å². The van der Waals surface area contributed by atoms with E-state index in [9.17, 15) is 0 Å². The van der Waals surface area contributed by atoms with E-state index in [1.807, 2.05) is 0 Å². The molecule has 0 aliphatic carbocycles. The molecule has 0 radical (unpaired) electrons. The first-order valence-electron chi connectivity index (χ1n) is 12.1. The number of hydrogen-bond acceptors (Lipinski definition) is 1. The zero-order chi connectivity index (χ0) is 23.3. The van der Waals surface area contributed by atoms with Gasteiger partial charge in [-0.25, -0.2) is 0 Å². The summed E-state index contributed by atoms with van der Waals surface area (Å²) in [5.41, 5.74) is 7.01. The summed E-state index contributed by atoms with van der Waals surface area (Å²) in [6.07, 6.45) is 27.6. The molecule has 1 rings (SSSR count). The number of terminal acetylenes is 1. The molecule has 0 aromatic rings. The fourth-order valence-electron chi connectivity index (χ4n) is 3.60. The van der Waals surface area contributed by atoms with Crippen molar-refractivity contribution < 1.29 is 4.74 Å². The smallest absolute Gasteiger partial charge is 0.0892 e. The number of ether oxygens (including phenoxy) is 1. The summed E-state index contributed by atoms with van der Waals surface area (Å²) in [5, 5.41) is 0. The van der Waals surface area contributed by atoms with E-state index in [0.717, 1.165) is 63.4 Å². The molecule has 1 nitrogen and oxygen atoms in total. The third-order valence-electron chi connectivity index (χ3n) is 5.99. The third kappa shape index (κ3) is 13.3. The largest absolute Gasteiger partial charge is 0.367 e. The van der Waals surface area contributed by atoms with Gasteiger partial charge in [0.1, 0.15) is 0 Å². The topological polar surface area (TPSA) is 12.5 Å². The van der Waals surface area contributed by atoms with Crippen LogP contribution < -0.4 is 0 Å². The molecule has 0 N–H and O–H groups in total. The first-order chi connectivity index (χ1) is 14.6. The highest BCUT2D eigenvalue weighted by molar-refractivity contribution is 5.28. The van der Waals surface area contributed by atoms with Gasteiger partial charge in [0, 0.05) is 5.57 Å². The molecule has 1 fully saturated rings. The lowest BCUT2D eigenvalue weighted by atomic mass is 10.0. The predicted molar refractivity (Wildman–Crippen MR) is 138 cm³/mol. The first-order valence-corrected chi connectivity index (χ1v) is 12.1. The Kier molecular flexibility index (Phi) is 12.6. The lowest BCUT2D eigenvalue weighted by Crippen LogP contribution is -2.02. The Hall–Kier alpha value is -1.78. The second-order valence-corrected chi connectivity index (χ2v) is 9.91. The lowest BCUT2D eigenvalue weighted by molar-refractivity contribution is 0.320. The van der Waals surface area contributed by atoms with Crippen molar-refractivity contribution in [2.75, 3.05) is 0 Å². The Morgan fingerprint density at radius 3 is 1.74 bits per heavy atom. The van der Waals surface area contributed by atoms with Crippen molar-refractivity contribution in [1.29, 1.82) is 0 Å². The average molecular weight is 423 g/mol. The van der Waals surface area contributed by atoms with Gasteiger partial charge in [0.2, 0.25) is 0 Å². The molecule has 1 atom stereocenters. The molecule has 1 heteroatoms. The molecule has 0 bridgehead atoms. The van der Waals surface area contributed by atoms with Gasteiger partial charge in [-0.05, 0) is 106 Å². The van der Waals surface area contributed by atoms with Crippen LogP contribution in [0.5, 0.6) is 0 Å². The van der Waals surface area contributed by atoms with Crippen LogP contribution in [0.15, 0.2) is 58.2 Å². The molecule has 0 spiro atoms. The SMILES string of the molecule is C#C/C(=C/CC/C(C)=C/CC/C=C(\C)CC/C=C(\C)CCC1OC1(C)C)CC=C(C)C. The number of allylic oxidation sites excluding steroid dienone is 10. The Balaban J connectivity index is 2.22. The van der Waals surface area contributed by atoms with Gasteiger partial charge in [-0.2, -0.15) is 0 Å². The number of hydrogen-bond donors (Lipinski definition) is 0. The molecule has 1 unspecified atom stereocenters. The highest BCUT2D eigenvalue weighted by Gasteiger charge is 2.46. The highest BCUT2D eigenvalue weighted by atomic mass is 16.6. The van der Waals surface area contributed by atoms with Crippen LogP contribution in [0, 0.1) is 12.3 Å². The van der Waals surface area contributed by atoms with E-state index in [0.29, 0.717) is 6.10 Å². The van der Waals surface area contributed by atoms with E-state index in [1.54, 1.807) is 0 Å². The maximum absolute atomic E-state index is 5.67. The van der Waals surface area contributed by atoms with E-state index >= 15 is 0 Å². The van der Waals surface area contributed by atoms with Gasteiger partial charge in [0.25, 0.3) is 0 Å². The first kappa shape index (κ1) is 27.3.